The van der Waals surface area contributed by atoms with Gasteiger partial charge >= 0.3 is 11.9 Å². The first-order valence-corrected chi connectivity index (χ1v) is 9.75. The molecule has 4 aromatic rings. The van der Waals surface area contributed by atoms with Crippen LogP contribution in [0.1, 0.15) is 11.1 Å². The van der Waals surface area contributed by atoms with E-state index < -0.39 is 22.2 Å². The molecule has 0 aliphatic heterocycles. The van der Waals surface area contributed by atoms with Crippen LogP contribution in [-0.2, 0) is 6.18 Å². The molecule has 0 spiro atoms. The lowest BCUT2D eigenvalue weighted by atomic mass is 10.1. The fourth-order valence-electron chi connectivity index (χ4n) is 3.31. The van der Waals surface area contributed by atoms with Gasteiger partial charge in [-0.05, 0) is 36.4 Å². The molecule has 4 rings (SSSR count). The fraction of sp³-hybridized carbons (Fsp3) is 0.0870. The van der Waals surface area contributed by atoms with E-state index in [0.717, 1.165) is 16.8 Å². The van der Waals surface area contributed by atoms with Crippen molar-refractivity contribution in [2.75, 3.05) is 7.11 Å². The number of fused-ring (bicyclic) bond motifs is 1. The van der Waals surface area contributed by atoms with Crippen LogP contribution in [0.3, 0.4) is 0 Å². The Hall–Kier alpha value is -4.54. The molecule has 0 amide bonds. The smallest absolute Gasteiger partial charge is 0.416 e. The van der Waals surface area contributed by atoms with Gasteiger partial charge in [0.1, 0.15) is 0 Å². The van der Waals surface area contributed by atoms with Crippen molar-refractivity contribution in [2.24, 2.45) is 5.10 Å². The van der Waals surface area contributed by atoms with Crippen molar-refractivity contribution in [3.8, 4) is 17.1 Å². The van der Waals surface area contributed by atoms with E-state index in [2.05, 4.69) is 10.1 Å². The Morgan fingerprint density at radius 3 is 2.56 bits per heavy atom. The minimum Gasteiger partial charge on any atom is -0.490 e. The molecule has 8 nitrogen and oxygen atoms in total. The summed E-state index contributed by atoms with van der Waals surface area (Å²) in [4.78, 5) is 28.2. The van der Waals surface area contributed by atoms with Gasteiger partial charge in [-0.15, -0.1) is 0 Å². The molecule has 0 aliphatic rings. The summed E-state index contributed by atoms with van der Waals surface area (Å²) in [5, 5.41) is 15.6. The minimum absolute atomic E-state index is 0.0236. The highest BCUT2D eigenvalue weighted by atomic mass is 19.4. The molecule has 0 fully saturated rings. The highest BCUT2D eigenvalue weighted by molar-refractivity contribution is 5.83. The lowest BCUT2D eigenvalue weighted by Crippen LogP contribution is -2.20. The van der Waals surface area contributed by atoms with Crippen molar-refractivity contribution in [3.05, 3.63) is 98.3 Å². The van der Waals surface area contributed by atoms with Crippen molar-refractivity contribution in [3.63, 3.8) is 0 Å². The second kappa shape index (κ2) is 8.77. The van der Waals surface area contributed by atoms with Crippen LogP contribution in [0.4, 0.5) is 18.9 Å². The van der Waals surface area contributed by atoms with Crippen LogP contribution in [0, 0.1) is 10.1 Å². The first-order valence-electron chi connectivity index (χ1n) is 9.75. The number of hydrogen-bond donors (Lipinski definition) is 0. The van der Waals surface area contributed by atoms with Gasteiger partial charge in [0.15, 0.2) is 11.6 Å². The molecule has 0 aliphatic carbocycles. The number of rotatable bonds is 5. The highest BCUT2D eigenvalue weighted by Gasteiger charge is 2.31. The minimum atomic E-state index is -4.59. The lowest BCUT2D eigenvalue weighted by Gasteiger charge is -2.12. The number of aromatic nitrogens is 2. The molecule has 1 aromatic heterocycles. The number of para-hydroxylation sites is 1. The van der Waals surface area contributed by atoms with E-state index in [9.17, 15) is 28.1 Å². The van der Waals surface area contributed by atoms with Crippen molar-refractivity contribution < 1.29 is 22.8 Å². The van der Waals surface area contributed by atoms with Crippen LogP contribution in [0.25, 0.3) is 22.3 Å². The number of nitro benzene ring substituents is 1. The summed E-state index contributed by atoms with van der Waals surface area (Å²) in [6, 6.07) is 14.8. The van der Waals surface area contributed by atoms with Gasteiger partial charge < -0.3 is 4.74 Å². The van der Waals surface area contributed by atoms with Gasteiger partial charge in [0.2, 0.25) is 0 Å². The third kappa shape index (κ3) is 4.35. The molecule has 0 unspecified atom stereocenters. The highest BCUT2D eigenvalue weighted by Crippen LogP contribution is 2.32. The Morgan fingerprint density at radius 2 is 1.85 bits per heavy atom. The van der Waals surface area contributed by atoms with Crippen molar-refractivity contribution >= 4 is 22.8 Å². The quantitative estimate of drug-likeness (QED) is 0.236. The zero-order valence-electron chi connectivity index (χ0n) is 17.5. The van der Waals surface area contributed by atoms with Crippen LogP contribution in [0.2, 0.25) is 0 Å². The summed E-state index contributed by atoms with van der Waals surface area (Å²) in [5.74, 6) is -0.0783. The zero-order valence-corrected chi connectivity index (χ0v) is 17.5. The molecule has 3 aromatic carbocycles. The van der Waals surface area contributed by atoms with E-state index in [1.54, 1.807) is 18.2 Å². The van der Waals surface area contributed by atoms with Crippen LogP contribution < -0.4 is 10.3 Å². The number of ether oxygens (including phenoxy) is 1. The van der Waals surface area contributed by atoms with E-state index in [0.29, 0.717) is 0 Å². The Bertz CT molecular complexity index is 1500. The van der Waals surface area contributed by atoms with Gasteiger partial charge in [-0.3, -0.25) is 14.9 Å². The Morgan fingerprint density at radius 1 is 1.09 bits per heavy atom. The average molecular weight is 468 g/mol. The first kappa shape index (κ1) is 22.6. The molecule has 0 atom stereocenters. The van der Waals surface area contributed by atoms with E-state index in [4.69, 9.17) is 4.74 Å². The molecule has 0 saturated carbocycles. The average Bonchev–Trinajstić information content (AvgIpc) is 2.82. The Balaban J connectivity index is 1.91. The van der Waals surface area contributed by atoms with Crippen LogP contribution in [0.15, 0.2) is 76.6 Å². The predicted molar refractivity (Wildman–Crippen MR) is 119 cm³/mol. The number of halogens is 3. The second-order valence-corrected chi connectivity index (χ2v) is 7.08. The van der Waals surface area contributed by atoms with Gasteiger partial charge in [-0.2, -0.15) is 22.9 Å². The lowest BCUT2D eigenvalue weighted by molar-refractivity contribution is -0.385. The maximum absolute atomic E-state index is 13.3. The van der Waals surface area contributed by atoms with E-state index in [-0.39, 0.29) is 39.3 Å². The zero-order chi connectivity index (χ0) is 24.5. The summed E-state index contributed by atoms with van der Waals surface area (Å²) >= 11 is 0. The van der Waals surface area contributed by atoms with Gasteiger partial charge in [0.05, 0.1) is 34.7 Å². The number of nitrogens with zero attached hydrogens (tertiary/aromatic N) is 4. The molecule has 0 N–H and O–H groups in total. The number of benzene rings is 3. The van der Waals surface area contributed by atoms with E-state index in [1.165, 1.54) is 49.7 Å². The molecule has 172 valence electrons. The molecule has 1 heterocycles. The second-order valence-electron chi connectivity index (χ2n) is 7.08. The first-order chi connectivity index (χ1) is 16.2. The normalized spacial score (nSPS) is 11.8. The number of alkyl halides is 3. The van der Waals surface area contributed by atoms with Gasteiger partial charge in [-0.1, -0.05) is 24.3 Å². The van der Waals surface area contributed by atoms with Crippen molar-refractivity contribution in [1.29, 1.82) is 0 Å². The monoisotopic (exact) mass is 468 g/mol. The van der Waals surface area contributed by atoms with Crippen molar-refractivity contribution in [2.45, 2.75) is 6.18 Å². The summed E-state index contributed by atoms with van der Waals surface area (Å²) < 4.78 is 45.6. The predicted octanol–water partition coefficient (Wildman–Crippen LogP) is 4.88. The Labute approximate surface area is 189 Å². The van der Waals surface area contributed by atoms with Crippen LogP contribution >= 0.6 is 0 Å². The van der Waals surface area contributed by atoms with Crippen LogP contribution in [-0.4, -0.2) is 27.9 Å². The van der Waals surface area contributed by atoms with E-state index in [1.807, 2.05) is 0 Å². The molecule has 0 radical (unpaired) electrons. The van der Waals surface area contributed by atoms with Gasteiger partial charge in [0, 0.05) is 17.2 Å². The standard InChI is InChI=1S/C23H15F3N4O4/c1-34-20-10-9-14(11-19(20)30(32)33)13-27-29-21(15-5-4-6-16(12-15)23(24,25)26)28-18-8-3-2-7-17(18)22(29)31/h2-13H,1H3. The molecule has 34 heavy (non-hydrogen) atoms. The Kier molecular flexibility index (Phi) is 5.84. The third-order valence-corrected chi connectivity index (χ3v) is 4.92. The van der Waals surface area contributed by atoms with Gasteiger partial charge in [0.25, 0.3) is 5.56 Å². The number of hydrogen-bond acceptors (Lipinski definition) is 6. The number of nitro groups is 1. The maximum Gasteiger partial charge on any atom is 0.416 e. The van der Waals surface area contributed by atoms with Crippen molar-refractivity contribution in [1.82, 2.24) is 9.66 Å². The van der Waals surface area contributed by atoms with E-state index >= 15 is 0 Å². The third-order valence-electron chi connectivity index (χ3n) is 4.92. The van der Waals surface area contributed by atoms with Gasteiger partial charge in [-0.25, -0.2) is 4.98 Å². The topological polar surface area (TPSA) is 99.6 Å². The molecule has 0 bridgehead atoms. The fourth-order valence-corrected chi connectivity index (χ4v) is 3.31. The molecular weight excluding hydrogens is 453 g/mol. The summed E-state index contributed by atoms with van der Waals surface area (Å²) in [5.41, 5.74) is -1.26. The van der Waals surface area contributed by atoms with Crippen LogP contribution in [0.5, 0.6) is 5.75 Å². The largest absolute Gasteiger partial charge is 0.490 e. The molecular formula is C23H15F3N4O4. The molecule has 11 heteroatoms. The summed E-state index contributed by atoms with van der Waals surface area (Å²) in [6.45, 7) is 0. The SMILES string of the molecule is COc1ccc(C=Nn2c(-c3cccc(C(F)(F)F)c3)nc3ccccc3c2=O)cc1[N+](=O)[O-]. The number of methoxy groups -OCH3 is 1. The summed E-state index contributed by atoms with van der Waals surface area (Å²) in [6.07, 6.45) is -3.41. The maximum atomic E-state index is 13.3. The summed E-state index contributed by atoms with van der Waals surface area (Å²) in [7, 11) is 1.29. The molecule has 0 saturated heterocycles.